The fraction of sp³-hybridized carbons (Fsp3) is 0.0526. The maximum Gasteiger partial charge on any atom is 0.198 e. The minimum Gasteiger partial charge on any atom is -0.369 e. The lowest BCUT2D eigenvalue weighted by molar-refractivity contribution is 1.09. The second kappa shape index (κ2) is 7.15. The standard InChI is InChI=1S/C19H17ClN4/c20-16-8-10-17(11-9-16)24(19(21)22)18-15(7-4-12-23-18)13-14-5-2-1-3-6-14/h1-12H,13H2,(H3,21,22). The highest BCUT2D eigenvalue weighted by Crippen LogP contribution is 2.28. The van der Waals surface area contributed by atoms with Crippen molar-refractivity contribution in [2.75, 3.05) is 4.90 Å². The van der Waals surface area contributed by atoms with E-state index in [0.717, 1.165) is 11.3 Å². The summed E-state index contributed by atoms with van der Waals surface area (Å²) in [6.45, 7) is 0. The van der Waals surface area contributed by atoms with Gasteiger partial charge >= 0.3 is 0 Å². The van der Waals surface area contributed by atoms with Crippen molar-refractivity contribution in [2.24, 2.45) is 5.73 Å². The Balaban J connectivity index is 2.02. The second-order valence-electron chi connectivity index (χ2n) is 5.35. The van der Waals surface area contributed by atoms with Gasteiger partial charge in [-0.3, -0.25) is 10.3 Å². The second-order valence-corrected chi connectivity index (χ2v) is 5.78. The van der Waals surface area contributed by atoms with Gasteiger partial charge < -0.3 is 5.73 Å². The van der Waals surface area contributed by atoms with Crippen molar-refractivity contribution < 1.29 is 0 Å². The number of hydrogen-bond acceptors (Lipinski definition) is 2. The molecule has 0 aliphatic carbocycles. The van der Waals surface area contributed by atoms with Crippen LogP contribution in [0.4, 0.5) is 11.5 Å². The lowest BCUT2D eigenvalue weighted by Crippen LogP contribution is -2.33. The molecule has 1 heterocycles. The first-order chi connectivity index (χ1) is 11.6. The molecule has 0 bridgehead atoms. The van der Waals surface area contributed by atoms with Gasteiger partial charge in [-0.15, -0.1) is 0 Å². The van der Waals surface area contributed by atoms with Gasteiger partial charge in [-0.2, -0.15) is 0 Å². The van der Waals surface area contributed by atoms with Crippen LogP contribution in [0, 0.1) is 5.41 Å². The molecule has 1 aromatic heterocycles. The Hall–Kier alpha value is -2.85. The summed E-state index contributed by atoms with van der Waals surface area (Å²) in [6.07, 6.45) is 2.41. The number of guanidine groups is 1. The van der Waals surface area contributed by atoms with Crippen LogP contribution in [0.25, 0.3) is 0 Å². The molecule has 0 aliphatic heterocycles. The maximum absolute atomic E-state index is 7.99. The van der Waals surface area contributed by atoms with Crippen LogP contribution in [0.1, 0.15) is 11.1 Å². The van der Waals surface area contributed by atoms with Gasteiger partial charge in [0.2, 0.25) is 0 Å². The zero-order chi connectivity index (χ0) is 16.9. The van der Waals surface area contributed by atoms with Gasteiger partial charge in [-0.05, 0) is 41.5 Å². The van der Waals surface area contributed by atoms with E-state index in [-0.39, 0.29) is 5.96 Å². The molecule has 0 radical (unpaired) electrons. The van der Waals surface area contributed by atoms with E-state index in [9.17, 15) is 0 Å². The van der Waals surface area contributed by atoms with Crippen LogP contribution in [0.15, 0.2) is 72.9 Å². The minimum atomic E-state index is -0.0923. The van der Waals surface area contributed by atoms with Crippen LogP contribution < -0.4 is 10.6 Å². The number of halogens is 1. The number of benzene rings is 2. The van der Waals surface area contributed by atoms with Crippen molar-refractivity contribution in [3.8, 4) is 0 Å². The zero-order valence-electron chi connectivity index (χ0n) is 13.0. The number of anilines is 2. The van der Waals surface area contributed by atoms with Gasteiger partial charge in [0.1, 0.15) is 5.82 Å². The van der Waals surface area contributed by atoms with Crippen LogP contribution in [0.3, 0.4) is 0 Å². The van der Waals surface area contributed by atoms with Gasteiger partial charge in [0.25, 0.3) is 0 Å². The molecule has 0 fully saturated rings. The van der Waals surface area contributed by atoms with Crippen LogP contribution in [-0.2, 0) is 6.42 Å². The average Bonchev–Trinajstić information content (AvgIpc) is 2.59. The highest BCUT2D eigenvalue weighted by molar-refractivity contribution is 6.30. The molecule has 0 unspecified atom stereocenters. The Morgan fingerprint density at radius 3 is 2.38 bits per heavy atom. The predicted octanol–water partition coefficient (Wildman–Crippen LogP) is 4.36. The number of aromatic nitrogens is 1. The van der Waals surface area contributed by atoms with Crippen LogP contribution in [-0.4, -0.2) is 10.9 Å². The van der Waals surface area contributed by atoms with Gasteiger partial charge in [0.15, 0.2) is 5.96 Å². The third-order valence-electron chi connectivity index (χ3n) is 3.64. The molecule has 3 aromatic rings. The largest absolute Gasteiger partial charge is 0.369 e. The lowest BCUT2D eigenvalue weighted by atomic mass is 10.1. The minimum absolute atomic E-state index is 0.0923. The van der Waals surface area contributed by atoms with Gasteiger partial charge in [0.05, 0.1) is 5.69 Å². The Morgan fingerprint density at radius 1 is 1.00 bits per heavy atom. The summed E-state index contributed by atoms with van der Waals surface area (Å²) in [6, 6.07) is 21.2. The Morgan fingerprint density at radius 2 is 1.71 bits per heavy atom. The van der Waals surface area contributed by atoms with E-state index >= 15 is 0 Å². The lowest BCUT2D eigenvalue weighted by Gasteiger charge is -2.24. The fourth-order valence-electron chi connectivity index (χ4n) is 2.55. The third-order valence-corrected chi connectivity index (χ3v) is 3.89. The number of pyridine rings is 1. The molecular weight excluding hydrogens is 320 g/mol. The predicted molar refractivity (Wildman–Crippen MR) is 99.0 cm³/mol. The average molecular weight is 337 g/mol. The molecular formula is C19H17ClN4. The van der Waals surface area contributed by atoms with Gasteiger partial charge in [-0.25, -0.2) is 4.98 Å². The summed E-state index contributed by atoms with van der Waals surface area (Å²) < 4.78 is 0. The summed E-state index contributed by atoms with van der Waals surface area (Å²) in [4.78, 5) is 6.09. The molecule has 120 valence electrons. The number of nitrogens with zero attached hydrogens (tertiary/aromatic N) is 2. The molecule has 2 aromatic carbocycles. The Bertz CT molecular complexity index is 832. The quantitative estimate of drug-likeness (QED) is 0.549. The fourth-order valence-corrected chi connectivity index (χ4v) is 2.68. The monoisotopic (exact) mass is 336 g/mol. The van der Waals surface area contributed by atoms with Crippen molar-refractivity contribution in [1.29, 1.82) is 5.41 Å². The number of nitrogens with one attached hydrogen (secondary N) is 1. The van der Waals surface area contributed by atoms with E-state index in [1.165, 1.54) is 5.56 Å². The first kappa shape index (κ1) is 16.0. The van der Waals surface area contributed by atoms with Crippen molar-refractivity contribution in [1.82, 2.24) is 4.98 Å². The summed E-state index contributed by atoms with van der Waals surface area (Å²) >= 11 is 5.96. The molecule has 0 amide bonds. The molecule has 5 heteroatoms. The smallest absolute Gasteiger partial charge is 0.198 e. The molecule has 4 nitrogen and oxygen atoms in total. The van der Waals surface area contributed by atoms with Crippen LogP contribution in [0.2, 0.25) is 5.02 Å². The van der Waals surface area contributed by atoms with Gasteiger partial charge in [0, 0.05) is 17.6 Å². The highest BCUT2D eigenvalue weighted by atomic mass is 35.5. The van der Waals surface area contributed by atoms with E-state index in [1.807, 2.05) is 42.5 Å². The van der Waals surface area contributed by atoms with Crippen LogP contribution >= 0.6 is 11.6 Å². The summed E-state index contributed by atoms with van der Waals surface area (Å²) in [5, 5.41) is 8.62. The van der Waals surface area contributed by atoms with Crippen molar-refractivity contribution in [2.45, 2.75) is 6.42 Å². The maximum atomic E-state index is 7.99. The third kappa shape index (κ3) is 3.55. The number of nitrogens with two attached hydrogens (primary N) is 1. The summed E-state index contributed by atoms with van der Waals surface area (Å²) in [5.74, 6) is 0.557. The first-order valence-corrected chi connectivity index (χ1v) is 7.90. The first-order valence-electron chi connectivity index (χ1n) is 7.52. The zero-order valence-corrected chi connectivity index (χ0v) is 13.7. The van der Waals surface area contributed by atoms with Crippen LogP contribution in [0.5, 0.6) is 0 Å². The molecule has 0 atom stereocenters. The molecule has 0 aliphatic rings. The Labute approximate surface area is 146 Å². The molecule has 0 saturated heterocycles. The SMILES string of the molecule is N=C(N)N(c1ccc(Cl)cc1)c1ncccc1Cc1ccccc1. The molecule has 24 heavy (non-hydrogen) atoms. The van der Waals surface area contributed by atoms with Crippen molar-refractivity contribution in [3.05, 3.63) is 89.1 Å². The molecule has 0 spiro atoms. The highest BCUT2D eigenvalue weighted by Gasteiger charge is 2.17. The normalized spacial score (nSPS) is 10.4. The van der Waals surface area contributed by atoms with E-state index in [2.05, 4.69) is 17.1 Å². The van der Waals surface area contributed by atoms with E-state index < -0.39 is 0 Å². The summed E-state index contributed by atoms with van der Waals surface area (Å²) in [7, 11) is 0. The molecule has 3 N–H and O–H groups in total. The van der Waals surface area contributed by atoms with Crippen molar-refractivity contribution in [3.63, 3.8) is 0 Å². The summed E-state index contributed by atoms with van der Waals surface area (Å²) in [5.41, 5.74) is 8.75. The van der Waals surface area contributed by atoms with E-state index in [1.54, 1.807) is 23.2 Å². The van der Waals surface area contributed by atoms with Crippen molar-refractivity contribution >= 4 is 29.1 Å². The number of hydrogen-bond donors (Lipinski definition) is 2. The van der Waals surface area contributed by atoms with E-state index in [0.29, 0.717) is 17.3 Å². The molecule has 3 rings (SSSR count). The Kier molecular flexibility index (Phi) is 4.77. The number of rotatable bonds is 4. The van der Waals surface area contributed by atoms with E-state index in [4.69, 9.17) is 22.7 Å². The molecule has 0 saturated carbocycles. The topological polar surface area (TPSA) is 66.0 Å². The van der Waals surface area contributed by atoms with Gasteiger partial charge in [-0.1, -0.05) is 48.0 Å².